The van der Waals surface area contributed by atoms with Gasteiger partial charge >= 0.3 is 5.97 Å². The molecule has 4 rings (SSSR count). The average molecular weight is 543 g/mol. The molecule has 37 heavy (non-hydrogen) atoms. The Morgan fingerprint density at radius 3 is 2.68 bits per heavy atom. The van der Waals surface area contributed by atoms with E-state index in [-0.39, 0.29) is 24.3 Å². The summed E-state index contributed by atoms with van der Waals surface area (Å²) in [7, 11) is 1.49. The first-order chi connectivity index (χ1) is 17.8. The zero-order chi connectivity index (χ0) is 26.7. The van der Waals surface area contributed by atoms with E-state index in [9.17, 15) is 14.0 Å². The van der Waals surface area contributed by atoms with Gasteiger partial charge in [-0.2, -0.15) is 0 Å². The van der Waals surface area contributed by atoms with E-state index in [1.54, 1.807) is 50.3 Å². The summed E-state index contributed by atoms with van der Waals surface area (Å²) in [5, 5.41) is 0.310. The van der Waals surface area contributed by atoms with Gasteiger partial charge in [0.1, 0.15) is 12.4 Å². The Hall–Kier alpha value is -3.69. The molecule has 0 N–H and O–H groups in total. The fourth-order valence-electron chi connectivity index (χ4n) is 4.01. The molecule has 0 amide bonds. The Bertz CT molecular complexity index is 1570. The van der Waals surface area contributed by atoms with Crippen molar-refractivity contribution in [2.24, 2.45) is 4.99 Å². The van der Waals surface area contributed by atoms with Gasteiger partial charge in [0.15, 0.2) is 16.3 Å². The van der Waals surface area contributed by atoms with Crippen LogP contribution in [0, 0.1) is 5.82 Å². The van der Waals surface area contributed by atoms with Gasteiger partial charge in [-0.3, -0.25) is 9.36 Å². The number of rotatable bonds is 8. The predicted molar refractivity (Wildman–Crippen MR) is 140 cm³/mol. The highest BCUT2D eigenvalue weighted by Crippen LogP contribution is 2.37. The summed E-state index contributed by atoms with van der Waals surface area (Å²) in [4.78, 5) is 31.5. The molecule has 1 aliphatic rings. The maximum absolute atomic E-state index is 13.7. The summed E-state index contributed by atoms with van der Waals surface area (Å²) >= 11 is 7.59. The van der Waals surface area contributed by atoms with Crippen LogP contribution in [0.2, 0.25) is 5.02 Å². The van der Waals surface area contributed by atoms with Crippen LogP contribution in [-0.2, 0) is 9.53 Å². The fraction of sp³-hybridized carbons (Fsp3) is 0.222. The maximum Gasteiger partial charge on any atom is 0.338 e. The van der Waals surface area contributed by atoms with E-state index < -0.39 is 17.8 Å². The number of esters is 1. The second-order valence-corrected chi connectivity index (χ2v) is 9.40. The predicted octanol–water partition coefficient (Wildman–Crippen LogP) is 4.16. The van der Waals surface area contributed by atoms with Gasteiger partial charge in [-0.05, 0) is 55.3 Å². The molecule has 7 nitrogen and oxygen atoms in total. The third-order valence-corrected chi connectivity index (χ3v) is 6.86. The van der Waals surface area contributed by atoms with Crippen molar-refractivity contribution < 1.29 is 23.4 Å². The van der Waals surface area contributed by atoms with E-state index in [0.717, 1.165) is 0 Å². The van der Waals surface area contributed by atoms with Crippen LogP contribution in [0.5, 0.6) is 11.5 Å². The van der Waals surface area contributed by atoms with Crippen molar-refractivity contribution in [3.8, 4) is 11.5 Å². The number of aromatic nitrogens is 1. The SMILES string of the molecule is C=CCOc1c(Cl)cc(/C=c2\sc3n(c2=O)[C@@H](c2ccc(F)cc2)C(C(=O)OCC)=C(C)N=3)cc1OC. The molecule has 2 aromatic carbocycles. The number of nitrogens with zero attached hydrogens (tertiary/aromatic N) is 2. The molecule has 10 heteroatoms. The van der Waals surface area contributed by atoms with Gasteiger partial charge in [0.25, 0.3) is 5.56 Å². The smallest absolute Gasteiger partial charge is 0.338 e. The molecule has 0 radical (unpaired) electrons. The van der Waals surface area contributed by atoms with E-state index in [0.29, 0.717) is 42.7 Å². The Morgan fingerprint density at radius 1 is 1.30 bits per heavy atom. The molecule has 0 fully saturated rings. The number of hydrogen-bond acceptors (Lipinski definition) is 7. The first kappa shape index (κ1) is 26.4. The summed E-state index contributed by atoms with van der Waals surface area (Å²) in [6, 6.07) is 8.19. The van der Waals surface area contributed by atoms with Crippen molar-refractivity contribution in [2.45, 2.75) is 19.9 Å². The van der Waals surface area contributed by atoms with Crippen LogP contribution < -0.4 is 24.4 Å². The molecule has 0 spiro atoms. The number of carbonyl (C=O) groups excluding carboxylic acids is 1. The molecule has 3 aromatic rings. The average Bonchev–Trinajstić information content (AvgIpc) is 3.17. The highest BCUT2D eigenvalue weighted by molar-refractivity contribution is 7.07. The van der Waals surface area contributed by atoms with Crippen molar-refractivity contribution in [3.05, 3.63) is 102 Å². The summed E-state index contributed by atoms with van der Waals surface area (Å²) in [5.74, 6) is -0.244. The summed E-state index contributed by atoms with van der Waals surface area (Å²) < 4.78 is 31.8. The summed E-state index contributed by atoms with van der Waals surface area (Å²) in [5.41, 5.74) is 1.45. The number of fused-ring (bicyclic) bond motifs is 1. The van der Waals surface area contributed by atoms with Gasteiger partial charge in [-0.15, -0.1) is 0 Å². The van der Waals surface area contributed by atoms with Crippen molar-refractivity contribution in [3.63, 3.8) is 0 Å². The lowest BCUT2D eigenvalue weighted by Gasteiger charge is -2.24. The molecule has 1 atom stereocenters. The van der Waals surface area contributed by atoms with Crippen molar-refractivity contribution in [1.82, 2.24) is 4.57 Å². The Labute approximate surface area is 221 Å². The molecule has 0 unspecified atom stereocenters. The standard InChI is InChI=1S/C27H24ClFN2O5S/c1-5-11-36-24-19(28)12-16(13-20(24)34-4)14-21-25(32)31-23(17-7-9-18(29)10-8-17)22(26(33)35-6-2)15(3)30-27(31)37-21/h5,7-10,12-14,23H,1,6,11H2,2-4H3/b21-14-/t23-/m0/s1. The van der Waals surface area contributed by atoms with Gasteiger partial charge in [-0.1, -0.05) is 47.7 Å². The minimum Gasteiger partial charge on any atom is -0.493 e. The number of thiazole rings is 1. The highest BCUT2D eigenvalue weighted by atomic mass is 35.5. The number of carbonyl (C=O) groups is 1. The number of halogens is 2. The van der Waals surface area contributed by atoms with Crippen molar-refractivity contribution in [2.75, 3.05) is 20.3 Å². The van der Waals surface area contributed by atoms with E-state index in [4.69, 9.17) is 25.8 Å². The van der Waals surface area contributed by atoms with Gasteiger partial charge in [0, 0.05) is 0 Å². The summed E-state index contributed by atoms with van der Waals surface area (Å²) in [6.45, 7) is 7.42. The maximum atomic E-state index is 13.7. The first-order valence-corrected chi connectivity index (χ1v) is 12.5. The quantitative estimate of drug-likeness (QED) is 0.315. The van der Waals surface area contributed by atoms with E-state index in [1.807, 2.05) is 0 Å². The molecule has 1 aliphatic heterocycles. The van der Waals surface area contributed by atoms with Crippen LogP contribution in [0.25, 0.3) is 6.08 Å². The fourth-order valence-corrected chi connectivity index (χ4v) is 5.33. The lowest BCUT2D eigenvalue weighted by atomic mass is 9.96. The second-order valence-electron chi connectivity index (χ2n) is 7.99. The normalized spacial score (nSPS) is 15.2. The highest BCUT2D eigenvalue weighted by Gasteiger charge is 2.33. The third-order valence-electron chi connectivity index (χ3n) is 5.60. The van der Waals surface area contributed by atoms with E-state index >= 15 is 0 Å². The number of ether oxygens (including phenoxy) is 3. The lowest BCUT2D eigenvalue weighted by molar-refractivity contribution is -0.139. The van der Waals surface area contributed by atoms with E-state index in [1.165, 1.54) is 35.1 Å². The van der Waals surface area contributed by atoms with Crippen LogP contribution in [-0.4, -0.2) is 30.9 Å². The van der Waals surface area contributed by atoms with Crippen LogP contribution in [0.4, 0.5) is 4.39 Å². The lowest BCUT2D eigenvalue weighted by Crippen LogP contribution is -2.39. The number of methoxy groups -OCH3 is 1. The largest absolute Gasteiger partial charge is 0.493 e. The third kappa shape index (κ3) is 5.23. The minimum absolute atomic E-state index is 0.158. The molecule has 2 heterocycles. The molecule has 192 valence electrons. The van der Waals surface area contributed by atoms with Gasteiger partial charge < -0.3 is 14.2 Å². The zero-order valence-electron chi connectivity index (χ0n) is 20.4. The van der Waals surface area contributed by atoms with Crippen LogP contribution in [0.1, 0.15) is 31.0 Å². The molecule has 0 aliphatic carbocycles. The topological polar surface area (TPSA) is 79.1 Å². The molecule has 0 saturated carbocycles. The second kappa shape index (κ2) is 11.1. The zero-order valence-corrected chi connectivity index (χ0v) is 22.0. The Morgan fingerprint density at radius 2 is 2.03 bits per heavy atom. The van der Waals surface area contributed by atoms with E-state index in [2.05, 4.69) is 11.6 Å². The monoisotopic (exact) mass is 542 g/mol. The van der Waals surface area contributed by atoms with Crippen LogP contribution in [0.3, 0.4) is 0 Å². The molecule has 0 bridgehead atoms. The van der Waals surface area contributed by atoms with Crippen LogP contribution in [0.15, 0.2) is 70.1 Å². The minimum atomic E-state index is -0.828. The summed E-state index contributed by atoms with van der Waals surface area (Å²) in [6.07, 6.45) is 3.26. The Kier molecular flexibility index (Phi) is 7.94. The molecular weight excluding hydrogens is 519 g/mol. The van der Waals surface area contributed by atoms with Crippen molar-refractivity contribution in [1.29, 1.82) is 0 Å². The number of hydrogen-bond donors (Lipinski definition) is 0. The number of benzene rings is 2. The van der Waals surface area contributed by atoms with Crippen molar-refractivity contribution >= 4 is 35.0 Å². The first-order valence-electron chi connectivity index (χ1n) is 11.3. The number of allylic oxidation sites excluding steroid dienone is 1. The van der Waals surface area contributed by atoms with Gasteiger partial charge in [0.2, 0.25) is 0 Å². The molecular formula is C27H24ClFN2O5S. The van der Waals surface area contributed by atoms with Crippen LogP contribution >= 0.6 is 22.9 Å². The molecule has 0 saturated heterocycles. The van der Waals surface area contributed by atoms with Gasteiger partial charge in [-0.25, -0.2) is 14.2 Å². The molecule has 1 aromatic heterocycles. The Balaban J connectivity index is 1.90. The van der Waals surface area contributed by atoms with Gasteiger partial charge in [0.05, 0.1) is 40.6 Å².